The summed E-state index contributed by atoms with van der Waals surface area (Å²) in [4.78, 5) is 35.9. The lowest BCUT2D eigenvalue weighted by molar-refractivity contribution is 0.0919. The summed E-state index contributed by atoms with van der Waals surface area (Å²) < 4.78 is 33.0. The third-order valence-corrected chi connectivity index (χ3v) is 12.6. The van der Waals surface area contributed by atoms with Gasteiger partial charge >= 0.3 is 13.7 Å². The SMILES string of the molecule is CCn1cc(-c2cc(Nc3ncc(Br)c(Nc4ccc5nccnc5c4P(=O)(OC)OC)n3)c(OC)cc2N2CCN(C3CCN(C(=O)O)CC3)CC2)cn1. The molecule has 0 saturated carbocycles. The Bertz CT molecular complexity index is 2220. The van der Waals surface area contributed by atoms with E-state index in [1.165, 1.54) is 25.3 Å². The van der Waals surface area contributed by atoms with Gasteiger partial charge in [0, 0.05) is 114 Å². The molecule has 5 aromatic rings. The third kappa shape index (κ3) is 7.95. The molecule has 3 N–H and O–H groups in total. The lowest BCUT2D eigenvalue weighted by Gasteiger charge is -2.43. The number of aromatic nitrogens is 6. The number of ether oxygens (including phenoxy) is 1. The molecule has 17 nitrogen and oxygen atoms in total. The second kappa shape index (κ2) is 16.5. The van der Waals surface area contributed by atoms with Gasteiger partial charge in [0.25, 0.3) is 0 Å². The monoisotopic (exact) mass is 835 g/mol. The first kappa shape index (κ1) is 38.4. The number of nitrogens with zero attached hydrogens (tertiary/aromatic N) is 9. The van der Waals surface area contributed by atoms with Gasteiger partial charge < -0.3 is 39.3 Å². The number of piperazine rings is 1. The topological polar surface area (TPSA) is 185 Å². The second-order valence-corrected chi connectivity index (χ2v) is 16.1. The summed E-state index contributed by atoms with van der Waals surface area (Å²) in [6.45, 7) is 7.26. The van der Waals surface area contributed by atoms with Crippen LogP contribution in [0, 0.1) is 0 Å². The average molecular weight is 837 g/mol. The zero-order chi connectivity index (χ0) is 38.7. The highest BCUT2D eigenvalue weighted by atomic mass is 79.9. The number of nitrogens with one attached hydrogen (secondary N) is 2. The molecule has 2 aliphatic heterocycles. The quantitative estimate of drug-likeness (QED) is 0.125. The molecule has 1 amide bonds. The number of aryl methyl sites for hydroxylation is 1. The Morgan fingerprint density at radius 3 is 2.38 bits per heavy atom. The Morgan fingerprint density at radius 2 is 1.71 bits per heavy atom. The van der Waals surface area contributed by atoms with Gasteiger partial charge in [-0.25, -0.2) is 9.78 Å². The first-order valence-corrected chi connectivity index (χ1v) is 20.2. The summed E-state index contributed by atoms with van der Waals surface area (Å²) in [5.41, 5.74) is 4.90. The predicted molar refractivity (Wildman–Crippen MR) is 213 cm³/mol. The van der Waals surface area contributed by atoms with Crippen LogP contribution in [0.5, 0.6) is 5.75 Å². The van der Waals surface area contributed by atoms with E-state index in [2.05, 4.69) is 56.4 Å². The van der Waals surface area contributed by atoms with Crippen molar-refractivity contribution >= 4 is 74.8 Å². The van der Waals surface area contributed by atoms with Crippen LogP contribution in [0.3, 0.4) is 0 Å². The molecule has 19 heteroatoms. The number of carbonyl (C=O) groups is 1. The summed E-state index contributed by atoms with van der Waals surface area (Å²) in [6.07, 6.45) is 9.43. The standard InChI is InChI=1S/C36H43BrN11O6P/c1-5-48-22-23(20-41-48)25-18-29(31(52-2)19-30(25)46-16-14-45(15-17-46)24-8-12-47(13-9-24)36(49)50)43-35-40-21-26(37)34(44-35)42-28-7-6-27-32(39-11-10-38-27)33(28)55(51,53-3)54-4/h6-7,10-11,18-22,24H,5,8-9,12-17H2,1-4H3,(H,49,50)(H2,40,42,43,44). The molecule has 2 fully saturated rings. The van der Waals surface area contributed by atoms with Crippen LogP contribution in [-0.2, 0) is 20.2 Å². The number of methoxy groups -OCH3 is 1. The number of anilines is 5. The first-order valence-electron chi connectivity index (χ1n) is 17.9. The molecule has 55 heavy (non-hydrogen) atoms. The molecule has 2 saturated heterocycles. The Morgan fingerprint density at radius 1 is 0.964 bits per heavy atom. The largest absolute Gasteiger partial charge is 0.494 e. The van der Waals surface area contributed by atoms with E-state index in [0.717, 1.165) is 62.4 Å². The number of halogens is 1. The third-order valence-electron chi connectivity index (χ3n) is 10.1. The van der Waals surface area contributed by atoms with E-state index >= 15 is 0 Å². The number of benzene rings is 2. The maximum atomic E-state index is 13.8. The number of likely N-dealkylation sites (tertiary alicyclic amines) is 1. The van der Waals surface area contributed by atoms with Crippen molar-refractivity contribution in [2.45, 2.75) is 32.4 Å². The van der Waals surface area contributed by atoms with Crippen LogP contribution in [0.25, 0.3) is 22.2 Å². The van der Waals surface area contributed by atoms with E-state index in [4.69, 9.17) is 18.8 Å². The van der Waals surface area contributed by atoms with E-state index in [-0.39, 0.29) is 11.3 Å². The highest BCUT2D eigenvalue weighted by Crippen LogP contribution is 2.49. The van der Waals surface area contributed by atoms with Crippen molar-refractivity contribution in [3.8, 4) is 16.9 Å². The maximum Gasteiger partial charge on any atom is 0.407 e. The van der Waals surface area contributed by atoms with Crippen molar-refractivity contribution in [1.29, 1.82) is 0 Å². The highest BCUT2D eigenvalue weighted by Gasteiger charge is 2.33. The van der Waals surface area contributed by atoms with Gasteiger partial charge in [0.05, 0.1) is 34.7 Å². The van der Waals surface area contributed by atoms with Crippen molar-refractivity contribution in [2.24, 2.45) is 0 Å². The fraction of sp³-hybridized carbons (Fsp3) is 0.389. The van der Waals surface area contributed by atoms with Crippen LogP contribution in [0.4, 0.5) is 33.6 Å². The van der Waals surface area contributed by atoms with Gasteiger partial charge in [-0.15, -0.1) is 0 Å². The molecule has 0 unspecified atom stereocenters. The van der Waals surface area contributed by atoms with E-state index in [1.807, 2.05) is 36.1 Å². The number of piperidine rings is 1. The van der Waals surface area contributed by atoms with Crippen molar-refractivity contribution < 1.29 is 28.3 Å². The van der Waals surface area contributed by atoms with Crippen molar-refractivity contribution in [3.05, 3.63) is 59.7 Å². The van der Waals surface area contributed by atoms with Gasteiger partial charge in [-0.05, 0) is 53.9 Å². The zero-order valence-corrected chi connectivity index (χ0v) is 33.5. The molecular weight excluding hydrogens is 793 g/mol. The Hall–Kier alpha value is -4.87. The van der Waals surface area contributed by atoms with E-state index in [9.17, 15) is 14.5 Å². The fourth-order valence-corrected chi connectivity index (χ4v) is 8.84. The van der Waals surface area contributed by atoms with Crippen molar-refractivity contribution in [3.63, 3.8) is 0 Å². The van der Waals surface area contributed by atoms with Crippen LogP contribution in [-0.4, -0.2) is 117 Å². The molecule has 0 bridgehead atoms. The summed E-state index contributed by atoms with van der Waals surface area (Å²) >= 11 is 3.56. The van der Waals surface area contributed by atoms with E-state index in [1.54, 1.807) is 31.6 Å². The second-order valence-electron chi connectivity index (χ2n) is 13.1. The van der Waals surface area contributed by atoms with Crippen LogP contribution in [0.2, 0.25) is 0 Å². The number of carboxylic acid groups (broad SMARTS) is 1. The Balaban J connectivity index is 1.18. The summed E-state index contributed by atoms with van der Waals surface area (Å²) in [7, 11) is 0.465. The molecule has 0 aliphatic carbocycles. The predicted octanol–water partition coefficient (Wildman–Crippen LogP) is 5.94. The minimum absolute atomic E-state index is 0.224. The highest BCUT2D eigenvalue weighted by molar-refractivity contribution is 9.10. The Labute approximate surface area is 326 Å². The van der Waals surface area contributed by atoms with Gasteiger partial charge in [-0.1, -0.05) is 0 Å². The number of amides is 1. The van der Waals surface area contributed by atoms with Gasteiger partial charge in [0.15, 0.2) is 0 Å². The van der Waals surface area contributed by atoms with Crippen LogP contribution in [0.1, 0.15) is 19.8 Å². The molecule has 0 spiro atoms. The van der Waals surface area contributed by atoms with Gasteiger partial charge in [-0.2, -0.15) is 10.1 Å². The molecule has 7 rings (SSSR count). The number of fused-ring (bicyclic) bond motifs is 1. The van der Waals surface area contributed by atoms with Gasteiger partial charge in [0.1, 0.15) is 22.4 Å². The normalized spacial score (nSPS) is 15.7. The summed E-state index contributed by atoms with van der Waals surface area (Å²) in [5.74, 6) is 1.26. The van der Waals surface area contributed by atoms with Crippen molar-refractivity contribution in [2.75, 3.05) is 76.1 Å². The molecule has 290 valence electrons. The maximum absolute atomic E-state index is 13.8. The molecule has 5 heterocycles. The van der Waals surface area contributed by atoms with Crippen LogP contribution < -0.4 is 25.6 Å². The minimum Gasteiger partial charge on any atom is -0.494 e. The van der Waals surface area contributed by atoms with Crippen molar-refractivity contribution in [1.82, 2.24) is 39.5 Å². The average Bonchev–Trinajstić information content (AvgIpc) is 3.71. The van der Waals surface area contributed by atoms with Gasteiger partial charge in [0.2, 0.25) is 5.95 Å². The van der Waals surface area contributed by atoms with Gasteiger partial charge in [-0.3, -0.25) is 24.1 Å². The first-order chi connectivity index (χ1) is 26.6. The lowest BCUT2D eigenvalue weighted by atomic mass is 10.0. The smallest absolute Gasteiger partial charge is 0.407 e. The molecule has 2 aromatic carbocycles. The molecule has 0 atom stereocenters. The molecule has 3 aromatic heterocycles. The van der Waals surface area contributed by atoms with E-state index < -0.39 is 13.7 Å². The van der Waals surface area contributed by atoms with E-state index in [0.29, 0.717) is 57.6 Å². The number of hydrogen-bond acceptors (Lipinski definition) is 14. The lowest BCUT2D eigenvalue weighted by Crippen LogP contribution is -2.53. The van der Waals surface area contributed by atoms with Crippen LogP contribution in [0.15, 0.2) is 59.7 Å². The molecule has 0 radical (unpaired) electrons. The summed E-state index contributed by atoms with van der Waals surface area (Å²) in [5, 5.41) is 20.8. The van der Waals surface area contributed by atoms with Crippen LogP contribution >= 0.6 is 23.5 Å². The number of rotatable bonds is 12. The Kier molecular flexibility index (Phi) is 11.5. The molecule has 2 aliphatic rings. The minimum atomic E-state index is -3.81. The zero-order valence-electron chi connectivity index (χ0n) is 31.0. The summed E-state index contributed by atoms with van der Waals surface area (Å²) in [6, 6.07) is 7.93. The fourth-order valence-electron chi connectivity index (χ4n) is 7.17. The molecular formula is C36H43BrN11O6P. The number of hydrogen-bond donors (Lipinski definition) is 3.